The molecule has 0 aromatic heterocycles. The van der Waals surface area contributed by atoms with Crippen molar-refractivity contribution in [1.29, 1.82) is 5.26 Å². The highest BCUT2D eigenvalue weighted by molar-refractivity contribution is 5.86. The second kappa shape index (κ2) is 2.46. The van der Waals surface area contributed by atoms with Gasteiger partial charge in [0.1, 0.15) is 6.07 Å². The molecule has 56 valence electrons. The van der Waals surface area contributed by atoms with Gasteiger partial charge in [0.05, 0.1) is 12.6 Å². The highest BCUT2D eigenvalue weighted by Crippen LogP contribution is 2.17. The van der Waals surface area contributed by atoms with Gasteiger partial charge in [-0.2, -0.15) is 5.26 Å². The van der Waals surface area contributed by atoms with E-state index >= 15 is 0 Å². The number of primary amides is 1. The molecule has 0 aliphatic carbocycles. The van der Waals surface area contributed by atoms with Crippen LogP contribution in [0.2, 0.25) is 0 Å². The van der Waals surface area contributed by atoms with Crippen molar-refractivity contribution in [3.8, 4) is 6.07 Å². The lowest BCUT2D eigenvalue weighted by Gasteiger charge is -2.06. The first kappa shape index (κ1) is 7.34. The van der Waals surface area contributed by atoms with E-state index in [9.17, 15) is 4.79 Å². The molecule has 6 nitrogen and oxygen atoms in total. The summed E-state index contributed by atoms with van der Waals surface area (Å²) in [6, 6.07) is 1.80. The van der Waals surface area contributed by atoms with Crippen LogP contribution < -0.4 is 5.73 Å². The van der Waals surface area contributed by atoms with E-state index in [0.717, 1.165) is 0 Å². The first-order chi connectivity index (χ1) is 5.18. The number of hydrogen-bond donors (Lipinski definition) is 1. The van der Waals surface area contributed by atoms with Gasteiger partial charge in [-0.25, -0.2) is 0 Å². The van der Waals surface area contributed by atoms with Crippen molar-refractivity contribution >= 4 is 12.1 Å². The second-order valence-corrected chi connectivity index (χ2v) is 2.11. The maximum Gasteiger partial charge on any atom is 0.221 e. The fourth-order valence-corrected chi connectivity index (χ4v) is 0.690. The third-order valence-electron chi connectivity index (χ3n) is 1.18. The van der Waals surface area contributed by atoms with Gasteiger partial charge in [-0.05, 0) is 5.22 Å². The van der Waals surface area contributed by atoms with Crippen LogP contribution in [0.15, 0.2) is 15.4 Å². The Morgan fingerprint density at radius 2 is 2.55 bits per heavy atom. The summed E-state index contributed by atoms with van der Waals surface area (Å²) in [5.74, 6) is -0.598. The van der Waals surface area contributed by atoms with Crippen molar-refractivity contribution in [1.82, 2.24) is 0 Å². The van der Waals surface area contributed by atoms with Crippen LogP contribution in [0.3, 0.4) is 0 Å². The fraction of sp³-hybridized carbons (Fsp3) is 0.400. The number of nitriles is 1. The Labute approximate surface area is 62.4 Å². The zero-order valence-electron chi connectivity index (χ0n) is 5.56. The Hall–Kier alpha value is -1.77. The van der Waals surface area contributed by atoms with Crippen LogP contribution in [0.25, 0.3) is 0 Å². The van der Waals surface area contributed by atoms with E-state index in [0.29, 0.717) is 0 Å². The third kappa shape index (κ3) is 1.38. The molecular formula is C5H5N5O. The van der Waals surface area contributed by atoms with Crippen molar-refractivity contribution in [3.63, 3.8) is 0 Å². The van der Waals surface area contributed by atoms with Crippen molar-refractivity contribution in [2.24, 2.45) is 21.2 Å². The van der Waals surface area contributed by atoms with Gasteiger partial charge < -0.3 is 5.73 Å². The molecule has 1 aliphatic rings. The summed E-state index contributed by atoms with van der Waals surface area (Å²) < 4.78 is 0. The number of amides is 1. The molecule has 0 saturated heterocycles. The zero-order chi connectivity index (χ0) is 8.32. The molecule has 0 bridgehead atoms. The minimum Gasteiger partial charge on any atom is -0.370 e. The maximum atomic E-state index is 10.4. The minimum absolute atomic E-state index is 0.170. The highest BCUT2D eigenvalue weighted by Gasteiger charge is 2.33. The number of rotatable bonds is 2. The average Bonchev–Trinajstić information content (AvgIpc) is 2.36. The summed E-state index contributed by atoms with van der Waals surface area (Å²) in [4.78, 5) is 10.4. The number of nitrogens with zero attached hydrogens (tertiary/aromatic N) is 4. The van der Waals surface area contributed by atoms with Crippen LogP contribution in [0.1, 0.15) is 6.42 Å². The fourth-order valence-electron chi connectivity index (χ4n) is 0.690. The molecule has 1 heterocycles. The van der Waals surface area contributed by atoms with E-state index in [1.165, 1.54) is 6.21 Å². The quantitative estimate of drug-likeness (QED) is 0.578. The molecule has 1 rings (SSSR count). The molecule has 11 heavy (non-hydrogen) atoms. The van der Waals surface area contributed by atoms with E-state index in [2.05, 4.69) is 15.4 Å². The minimum atomic E-state index is -1.24. The number of nitrogens with two attached hydrogens (primary N) is 1. The molecule has 1 amide bonds. The highest BCUT2D eigenvalue weighted by atomic mass is 16.1. The predicted octanol–water partition coefficient (Wildman–Crippen LogP) is -0.424. The molecule has 6 heteroatoms. The summed E-state index contributed by atoms with van der Waals surface area (Å²) in [6.07, 6.45) is 1.04. The van der Waals surface area contributed by atoms with Gasteiger partial charge in [-0.15, -0.1) is 10.2 Å². The molecule has 0 radical (unpaired) electrons. The number of hydrogen-bond acceptors (Lipinski definition) is 5. The largest absolute Gasteiger partial charge is 0.370 e. The standard InChI is InChI=1S/C5H5N5O/c6-2-5(1-4(7)11)3-8-10-9-5/h3H,1H2,(H2,7,11). The number of carbonyl (C=O) groups excluding carboxylic acids is 1. The summed E-state index contributed by atoms with van der Waals surface area (Å²) in [7, 11) is 0. The zero-order valence-corrected chi connectivity index (χ0v) is 5.56. The summed E-state index contributed by atoms with van der Waals surface area (Å²) in [5.41, 5.74) is 3.64. The van der Waals surface area contributed by atoms with Gasteiger partial charge in [-0.3, -0.25) is 4.79 Å². The van der Waals surface area contributed by atoms with Crippen molar-refractivity contribution < 1.29 is 4.79 Å². The molecule has 0 aromatic carbocycles. The summed E-state index contributed by atoms with van der Waals surface area (Å²) in [5, 5.41) is 18.6. The van der Waals surface area contributed by atoms with E-state index < -0.39 is 11.4 Å². The van der Waals surface area contributed by atoms with E-state index in [-0.39, 0.29) is 6.42 Å². The lowest BCUT2D eigenvalue weighted by atomic mass is 10.0. The average molecular weight is 151 g/mol. The van der Waals surface area contributed by atoms with Crippen molar-refractivity contribution in [2.75, 3.05) is 0 Å². The van der Waals surface area contributed by atoms with Crippen LogP contribution in [0, 0.1) is 11.3 Å². The Morgan fingerprint density at radius 3 is 2.91 bits per heavy atom. The molecule has 0 aromatic rings. The molecule has 1 atom stereocenters. The van der Waals surface area contributed by atoms with E-state index in [1.54, 1.807) is 6.07 Å². The van der Waals surface area contributed by atoms with Crippen molar-refractivity contribution in [3.05, 3.63) is 0 Å². The third-order valence-corrected chi connectivity index (χ3v) is 1.18. The molecule has 2 N–H and O–H groups in total. The van der Waals surface area contributed by atoms with E-state index in [1.807, 2.05) is 0 Å². The monoisotopic (exact) mass is 151 g/mol. The number of carbonyl (C=O) groups is 1. The summed E-state index contributed by atoms with van der Waals surface area (Å²) >= 11 is 0. The molecule has 0 saturated carbocycles. The van der Waals surface area contributed by atoms with Crippen LogP contribution in [0.5, 0.6) is 0 Å². The summed E-state index contributed by atoms with van der Waals surface area (Å²) in [6.45, 7) is 0. The van der Waals surface area contributed by atoms with E-state index in [4.69, 9.17) is 11.0 Å². The van der Waals surface area contributed by atoms with Gasteiger partial charge in [0, 0.05) is 0 Å². The van der Waals surface area contributed by atoms with Gasteiger partial charge in [-0.1, -0.05) is 0 Å². The first-order valence-electron chi connectivity index (χ1n) is 2.84. The lowest BCUT2D eigenvalue weighted by molar-refractivity contribution is -0.118. The first-order valence-corrected chi connectivity index (χ1v) is 2.84. The normalized spacial score (nSPS) is 26.8. The molecule has 1 aliphatic heterocycles. The maximum absolute atomic E-state index is 10.4. The van der Waals surface area contributed by atoms with Crippen LogP contribution >= 0.6 is 0 Å². The lowest BCUT2D eigenvalue weighted by Crippen LogP contribution is -2.30. The van der Waals surface area contributed by atoms with Crippen LogP contribution in [0.4, 0.5) is 0 Å². The molecule has 0 spiro atoms. The topological polar surface area (TPSA) is 104 Å². The van der Waals surface area contributed by atoms with Gasteiger partial charge in [0.25, 0.3) is 0 Å². The molecule has 0 fully saturated rings. The Balaban J connectivity index is 2.80. The Morgan fingerprint density at radius 1 is 1.82 bits per heavy atom. The van der Waals surface area contributed by atoms with Gasteiger partial charge >= 0.3 is 0 Å². The Kier molecular flexibility index (Phi) is 1.64. The Bertz CT molecular complexity index is 261. The van der Waals surface area contributed by atoms with Gasteiger partial charge in [0.2, 0.25) is 11.4 Å². The van der Waals surface area contributed by atoms with Gasteiger partial charge in [0.15, 0.2) is 0 Å². The van der Waals surface area contributed by atoms with Crippen LogP contribution in [-0.4, -0.2) is 17.7 Å². The molecule has 1 unspecified atom stereocenters. The smallest absolute Gasteiger partial charge is 0.221 e. The SMILES string of the molecule is N#CC1(CC(N)=O)C=NN=N1. The molecular weight excluding hydrogens is 146 g/mol. The second-order valence-electron chi connectivity index (χ2n) is 2.11. The predicted molar refractivity (Wildman–Crippen MR) is 35.5 cm³/mol. The van der Waals surface area contributed by atoms with Crippen molar-refractivity contribution in [2.45, 2.75) is 12.0 Å². The van der Waals surface area contributed by atoms with Crippen LogP contribution in [-0.2, 0) is 4.79 Å².